The van der Waals surface area contributed by atoms with Crippen molar-refractivity contribution in [2.45, 2.75) is 12.1 Å². The molecular weight excluding hydrogens is 476 g/mol. The van der Waals surface area contributed by atoms with Gasteiger partial charge in [-0.2, -0.15) is 5.10 Å². The van der Waals surface area contributed by atoms with Crippen molar-refractivity contribution in [1.29, 1.82) is 0 Å². The van der Waals surface area contributed by atoms with Crippen LogP contribution in [0.3, 0.4) is 0 Å². The number of anilines is 1. The quantitative estimate of drug-likeness (QED) is 0.230. The molecule has 0 N–H and O–H groups in total. The number of hydrazone groups is 1. The Kier molecular flexibility index (Phi) is 5.11. The number of carbonyl (C=O) groups excluding carboxylic acids is 3. The lowest BCUT2D eigenvalue weighted by Gasteiger charge is -2.33. The number of fused-ring (bicyclic) bond motifs is 5. The van der Waals surface area contributed by atoms with E-state index in [0.29, 0.717) is 11.3 Å². The molecule has 0 saturated carbocycles. The van der Waals surface area contributed by atoms with Crippen LogP contribution in [-0.2, 0) is 9.59 Å². The van der Waals surface area contributed by atoms with Crippen molar-refractivity contribution < 1.29 is 24.0 Å². The number of rotatable bonds is 5. The first-order valence-corrected chi connectivity index (χ1v) is 11.6. The fourth-order valence-electron chi connectivity index (χ4n) is 5.59. The van der Waals surface area contributed by atoms with Gasteiger partial charge in [0, 0.05) is 17.7 Å². The summed E-state index contributed by atoms with van der Waals surface area (Å²) < 4.78 is 5.19. The van der Waals surface area contributed by atoms with Gasteiger partial charge >= 0.3 is 0 Å². The molecule has 2 fully saturated rings. The molecule has 2 saturated heterocycles. The second-order valence-electron chi connectivity index (χ2n) is 9.08. The fourth-order valence-corrected chi connectivity index (χ4v) is 5.59. The van der Waals surface area contributed by atoms with Crippen molar-refractivity contribution in [3.8, 4) is 5.75 Å². The van der Waals surface area contributed by atoms with Gasteiger partial charge in [0.15, 0.2) is 5.78 Å². The molecule has 184 valence electrons. The van der Waals surface area contributed by atoms with Crippen LogP contribution in [0.1, 0.15) is 27.5 Å². The summed E-state index contributed by atoms with van der Waals surface area (Å²) in [5.74, 6) is -2.77. The third kappa shape index (κ3) is 3.33. The van der Waals surface area contributed by atoms with Crippen molar-refractivity contribution in [2.24, 2.45) is 16.9 Å². The Balaban J connectivity index is 1.47. The van der Waals surface area contributed by atoms with Crippen LogP contribution < -0.4 is 9.64 Å². The summed E-state index contributed by atoms with van der Waals surface area (Å²) in [4.78, 5) is 53.3. The summed E-state index contributed by atoms with van der Waals surface area (Å²) >= 11 is 0. The van der Waals surface area contributed by atoms with Crippen molar-refractivity contribution >= 4 is 35.2 Å². The summed E-state index contributed by atoms with van der Waals surface area (Å²) in [6.45, 7) is 0. The van der Waals surface area contributed by atoms with E-state index in [-0.39, 0.29) is 17.2 Å². The standard InChI is InChI=1S/C27H20N4O6/c1-37-19-11-9-15(10-12-19)25(32)24-22-21(23-20-8-3-2-5-16(20)14-28-30(23)24)26(33)29(27(22)34)17-6-4-7-18(13-17)31(35)36/h2-14,21-24H,1H3/t21-,22-,23+,24+/m1/s1. The number of hydrogen-bond acceptors (Lipinski definition) is 8. The van der Waals surface area contributed by atoms with Crippen LogP contribution in [0.15, 0.2) is 77.9 Å². The maximum atomic E-state index is 13.9. The normalized spacial score (nSPS) is 23.5. The molecular formula is C27H20N4O6. The minimum atomic E-state index is -1.03. The van der Waals surface area contributed by atoms with Gasteiger partial charge in [0.1, 0.15) is 11.8 Å². The number of hydrogen-bond donors (Lipinski definition) is 0. The van der Waals surface area contributed by atoms with Gasteiger partial charge in [0.05, 0.1) is 41.8 Å². The molecule has 3 aromatic carbocycles. The van der Waals surface area contributed by atoms with Crippen LogP contribution in [0.25, 0.3) is 0 Å². The maximum Gasteiger partial charge on any atom is 0.271 e. The lowest BCUT2D eigenvalue weighted by atomic mass is 9.83. The number of imide groups is 1. The molecule has 0 unspecified atom stereocenters. The van der Waals surface area contributed by atoms with Crippen LogP contribution in [0.5, 0.6) is 5.75 Å². The lowest BCUT2D eigenvalue weighted by Crippen LogP contribution is -2.44. The molecule has 3 heterocycles. The molecule has 0 aliphatic carbocycles. The molecule has 6 rings (SSSR count). The van der Waals surface area contributed by atoms with E-state index in [1.165, 1.54) is 31.4 Å². The first-order valence-electron chi connectivity index (χ1n) is 11.6. The zero-order valence-corrected chi connectivity index (χ0v) is 19.6. The summed E-state index contributed by atoms with van der Waals surface area (Å²) in [6, 6.07) is 17.7. The SMILES string of the molecule is COc1ccc(C(=O)[C@@H]2[C@@H]3C(=O)N(c4cccc([N+](=O)[O-])c4)C(=O)[C@H]3[C@@H]3c4ccccc4C=NN23)cc1. The highest BCUT2D eigenvalue weighted by Crippen LogP contribution is 2.53. The molecule has 10 heteroatoms. The number of amides is 2. The summed E-state index contributed by atoms with van der Waals surface area (Å²) in [5.41, 5.74) is 1.81. The van der Waals surface area contributed by atoms with E-state index < -0.39 is 40.7 Å². The average Bonchev–Trinajstić information content (AvgIpc) is 3.40. The van der Waals surface area contributed by atoms with E-state index in [2.05, 4.69) is 5.10 Å². The van der Waals surface area contributed by atoms with Gasteiger partial charge in [-0.25, -0.2) is 4.90 Å². The number of ketones is 1. The number of nitro groups is 1. The average molecular weight is 496 g/mol. The predicted octanol–water partition coefficient (Wildman–Crippen LogP) is 3.36. The zero-order valence-electron chi connectivity index (χ0n) is 19.6. The predicted molar refractivity (Wildman–Crippen MR) is 132 cm³/mol. The minimum absolute atomic E-state index is 0.105. The molecule has 2 amide bonds. The summed E-state index contributed by atoms with van der Waals surface area (Å²) in [7, 11) is 1.52. The van der Waals surface area contributed by atoms with Crippen molar-refractivity contribution in [3.63, 3.8) is 0 Å². The summed E-state index contributed by atoms with van der Waals surface area (Å²) in [5, 5.41) is 17.4. The van der Waals surface area contributed by atoms with Gasteiger partial charge in [-0.15, -0.1) is 0 Å². The molecule has 0 bridgehead atoms. The second-order valence-corrected chi connectivity index (χ2v) is 9.08. The van der Waals surface area contributed by atoms with Crippen molar-refractivity contribution in [2.75, 3.05) is 12.0 Å². The second kappa shape index (κ2) is 8.37. The van der Waals surface area contributed by atoms with Crippen molar-refractivity contribution in [1.82, 2.24) is 5.01 Å². The first-order chi connectivity index (χ1) is 17.9. The van der Waals surface area contributed by atoms with Gasteiger partial charge in [-0.05, 0) is 41.5 Å². The van der Waals surface area contributed by atoms with E-state index in [9.17, 15) is 24.5 Å². The highest BCUT2D eigenvalue weighted by molar-refractivity contribution is 6.24. The Hall–Kier alpha value is -4.86. The molecule has 4 atom stereocenters. The van der Waals surface area contributed by atoms with E-state index >= 15 is 0 Å². The monoisotopic (exact) mass is 496 g/mol. The topological polar surface area (TPSA) is 122 Å². The van der Waals surface area contributed by atoms with Gasteiger partial charge < -0.3 is 4.74 Å². The highest BCUT2D eigenvalue weighted by Gasteiger charge is 2.65. The van der Waals surface area contributed by atoms with E-state index in [0.717, 1.165) is 16.0 Å². The van der Waals surface area contributed by atoms with Gasteiger partial charge in [-0.1, -0.05) is 30.3 Å². The van der Waals surface area contributed by atoms with Crippen LogP contribution in [0.2, 0.25) is 0 Å². The molecule has 3 aliphatic heterocycles. The Morgan fingerprint density at radius 3 is 2.43 bits per heavy atom. The molecule has 3 aliphatic rings. The lowest BCUT2D eigenvalue weighted by molar-refractivity contribution is -0.384. The number of nitrogens with zero attached hydrogens (tertiary/aromatic N) is 4. The van der Waals surface area contributed by atoms with Gasteiger partial charge in [-0.3, -0.25) is 29.5 Å². The molecule has 0 spiro atoms. The molecule has 0 radical (unpaired) electrons. The molecule has 0 aromatic heterocycles. The van der Waals surface area contributed by atoms with Crippen molar-refractivity contribution in [3.05, 3.63) is 99.6 Å². The van der Waals surface area contributed by atoms with Crippen LogP contribution in [-0.4, -0.2) is 46.9 Å². The number of Topliss-reactive ketones (excluding diaryl/α,β-unsaturated/α-hetero) is 1. The zero-order chi connectivity index (χ0) is 25.8. The Morgan fingerprint density at radius 1 is 0.973 bits per heavy atom. The van der Waals surface area contributed by atoms with Crippen LogP contribution in [0, 0.1) is 22.0 Å². The molecule has 3 aromatic rings. The largest absolute Gasteiger partial charge is 0.497 e. The first kappa shape index (κ1) is 22.6. The Bertz CT molecular complexity index is 1500. The number of nitro benzene ring substituents is 1. The maximum absolute atomic E-state index is 13.9. The number of benzene rings is 3. The van der Waals surface area contributed by atoms with E-state index in [1.54, 1.807) is 35.5 Å². The van der Waals surface area contributed by atoms with Crippen LogP contribution >= 0.6 is 0 Å². The molecule has 37 heavy (non-hydrogen) atoms. The molecule has 10 nitrogen and oxygen atoms in total. The number of carbonyl (C=O) groups is 3. The van der Waals surface area contributed by atoms with E-state index in [4.69, 9.17) is 4.74 Å². The highest BCUT2D eigenvalue weighted by atomic mass is 16.6. The van der Waals surface area contributed by atoms with Crippen LogP contribution in [0.4, 0.5) is 11.4 Å². The third-order valence-corrected chi connectivity index (χ3v) is 7.24. The number of methoxy groups -OCH3 is 1. The van der Waals surface area contributed by atoms with Gasteiger partial charge in [0.2, 0.25) is 11.8 Å². The third-order valence-electron chi connectivity index (χ3n) is 7.24. The summed E-state index contributed by atoms with van der Waals surface area (Å²) in [6.07, 6.45) is 1.63. The number of non-ortho nitro benzene ring substituents is 1. The van der Waals surface area contributed by atoms with E-state index in [1.807, 2.05) is 24.3 Å². The minimum Gasteiger partial charge on any atom is -0.497 e. The Labute approximate surface area is 210 Å². The number of ether oxygens (including phenoxy) is 1. The smallest absolute Gasteiger partial charge is 0.271 e. The Morgan fingerprint density at radius 2 is 1.70 bits per heavy atom. The fraction of sp³-hybridized carbons (Fsp3) is 0.185. The van der Waals surface area contributed by atoms with Gasteiger partial charge in [0.25, 0.3) is 5.69 Å².